The third-order valence-electron chi connectivity index (χ3n) is 7.27. The van der Waals surface area contributed by atoms with Crippen molar-refractivity contribution in [3.05, 3.63) is 0 Å². The predicted octanol–water partition coefficient (Wildman–Crippen LogP) is 1.64. The van der Waals surface area contributed by atoms with Gasteiger partial charge in [-0.25, -0.2) is 0 Å². The van der Waals surface area contributed by atoms with Gasteiger partial charge >= 0.3 is 0 Å². The molecule has 4 rings (SSSR count). The molecule has 2 saturated carbocycles. The molecule has 2 N–H and O–H groups in total. The van der Waals surface area contributed by atoms with Crippen LogP contribution < -0.4 is 0 Å². The molecule has 5 heteroatoms. The van der Waals surface area contributed by atoms with E-state index in [2.05, 4.69) is 20.8 Å². The number of hydrogen-bond acceptors (Lipinski definition) is 5. The molecule has 4 fully saturated rings. The van der Waals surface area contributed by atoms with E-state index in [4.69, 9.17) is 9.47 Å². The summed E-state index contributed by atoms with van der Waals surface area (Å²) >= 11 is 0. The first-order valence-corrected chi connectivity index (χ1v) is 8.76. The van der Waals surface area contributed by atoms with Crippen molar-refractivity contribution >= 4 is 5.78 Å². The highest BCUT2D eigenvalue weighted by Crippen LogP contribution is 2.70. The Labute approximate surface area is 137 Å². The van der Waals surface area contributed by atoms with Gasteiger partial charge in [0.05, 0.1) is 18.1 Å². The zero-order chi connectivity index (χ0) is 17.0. The summed E-state index contributed by atoms with van der Waals surface area (Å²) in [6, 6.07) is 0. The fraction of sp³-hybridized carbons (Fsp3) is 0.944. The van der Waals surface area contributed by atoms with Crippen molar-refractivity contribution in [1.29, 1.82) is 0 Å². The lowest BCUT2D eigenvalue weighted by Gasteiger charge is -2.63. The van der Waals surface area contributed by atoms with Crippen LogP contribution in [0.1, 0.15) is 53.9 Å². The van der Waals surface area contributed by atoms with Gasteiger partial charge in [0.1, 0.15) is 11.7 Å². The monoisotopic (exact) mass is 324 g/mol. The number of ether oxygens (including phenoxy) is 2. The average molecular weight is 324 g/mol. The molecule has 130 valence electrons. The van der Waals surface area contributed by atoms with Gasteiger partial charge in [-0.15, -0.1) is 0 Å². The molecular weight excluding hydrogens is 296 g/mol. The summed E-state index contributed by atoms with van der Waals surface area (Å²) < 4.78 is 12.3. The van der Waals surface area contributed by atoms with Crippen LogP contribution in [0.4, 0.5) is 0 Å². The standard InChI is InChI=1S/C18H28O5/c1-9-8-18(21)14-16(4)10(23-18)6-7-15(2,3)12(16)11(19)13(20)17(14,5)22-9/h9-10,12-14,20-21H,6-8H2,1-5H3/t9-,10-,12-,13-,14-,16-,17+,18+/m0/s1. The molecule has 4 aliphatic rings. The molecule has 0 aromatic heterocycles. The van der Waals surface area contributed by atoms with E-state index in [1.54, 1.807) is 6.92 Å². The smallest absolute Gasteiger partial charge is 0.174 e. The lowest BCUT2D eigenvalue weighted by atomic mass is 9.43. The quantitative estimate of drug-likeness (QED) is 0.708. The van der Waals surface area contributed by atoms with Gasteiger partial charge in [-0.2, -0.15) is 0 Å². The highest BCUT2D eigenvalue weighted by molar-refractivity contribution is 5.89. The second-order valence-corrected chi connectivity index (χ2v) is 9.33. The second-order valence-electron chi connectivity index (χ2n) is 9.33. The molecule has 23 heavy (non-hydrogen) atoms. The molecule has 5 nitrogen and oxygen atoms in total. The van der Waals surface area contributed by atoms with Crippen LogP contribution in [0.5, 0.6) is 0 Å². The van der Waals surface area contributed by atoms with E-state index in [1.807, 2.05) is 6.92 Å². The first-order valence-electron chi connectivity index (χ1n) is 8.76. The molecule has 2 heterocycles. The number of carbonyl (C=O) groups is 1. The molecule has 0 bridgehead atoms. The molecule has 0 amide bonds. The van der Waals surface area contributed by atoms with Crippen LogP contribution in [-0.2, 0) is 14.3 Å². The molecule has 0 aromatic rings. The molecule has 0 aromatic carbocycles. The number of rotatable bonds is 0. The normalized spacial score (nSPS) is 60.5. The molecule has 0 spiro atoms. The van der Waals surface area contributed by atoms with E-state index in [1.165, 1.54) is 0 Å². The first-order chi connectivity index (χ1) is 10.5. The number of Topliss-reactive ketones (excluding diaryl/α,β-unsaturated/α-hetero) is 1. The van der Waals surface area contributed by atoms with Gasteiger partial charge in [-0.05, 0) is 32.1 Å². The van der Waals surface area contributed by atoms with Gasteiger partial charge in [0.2, 0.25) is 0 Å². The maximum absolute atomic E-state index is 13.1. The van der Waals surface area contributed by atoms with Crippen LogP contribution in [0.3, 0.4) is 0 Å². The van der Waals surface area contributed by atoms with Gasteiger partial charge in [0.25, 0.3) is 0 Å². The van der Waals surface area contributed by atoms with Gasteiger partial charge in [-0.3, -0.25) is 4.79 Å². The lowest BCUT2D eigenvalue weighted by molar-refractivity contribution is -0.324. The molecule has 2 aliphatic carbocycles. The molecule has 8 atom stereocenters. The Morgan fingerprint density at radius 1 is 1.17 bits per heavy atom. The Morgan fingerprint density at radius 3 is 2.48 bits per heavy atom. The zero-order valence-electron chi connectivity index (χ0n) is 14.6. The highest BCUT2D eigenvalue weighted by atomic mass is 16.7. The minimum absolute atomic E-state index is 0.150. The number of aliphatic hydroxyl groups excluding tert-OH is 1. The van der Waals surface area contributed by atoms with Gasteiger partial charge < -0.3 is 19.7 Å². The predicted molar refractivity (Wildman–Crippen MR) is 82.5 cm³/mol. The summed E-state index contributed by atoms with van der Waals surface area (Å²) in [7, 11) is 0. The Hall–Kier alpha value is -0.490. The van der Waals surface area contributed by atoms with Crippen LogP contribution in [-0.4, -0.2) is 45.7 Å². The van der Waals surface area contributed by atoms with E-state index >= 15 is 0 Å². The Balaban J connectivity index is 1.96. The fourth-order valence-electron chi connectivity index (χ4n) is 6.87. The van der Waals surface area contributed by atoms with Crippen molar-refractivity contribution < 1.29 is 24.5 Å². The highest BCUT2D eigenvalue weighted by Gasteiger charge is 2.79. The van der Waals surface area contributed by atoms with Crippen LogP contribution in [0.15, 0.2) is 0 Å². The molecule has 0 radical (unpaired) electrons. The number of carbonyl (C=O) groups excluding carboxylic acids is 1. The maximum Gasteiger partial charge on any atom is 0.174 e. The average Bonchev–Trinajstić information content (AvgIpc) is 2.62. The van der Waals surface area contributed by atoms with Gasteiger partial charge in [0, 0.05) is 17.8 Å². The summed E-state index contributed by atoms with van der Waals surface area (Å²) in [5.41, 5.74) is -1.83. The SMILES string of the molecule is C[C@H]1C[C@@]2(O)O[C@H]3CCC(C)(C)[C@@H]4C(=O)[C@H](O)[C@@](C)(O1)[C@@H]2[C@@]34C. The molecular formula is C18H28O5. The second kappa shape index (κ2) is 4.18. The topological polar surface area (TPSA) is 76.0 Å². The summed E-state index contributed by atoms with van der Waals surface area (Å²) in [6.45, 7) is 9.88. The van der Waals surface area contributed by atoms with Crippen LogP contribution >= 0.6 is 0 Å². The minimum Gasteiger partial charge on any atom is -0.382 e. The third kappa shape index (κ3) is 1.65. The first kappa shape index (κ1) is 16.0. The van der Waals surface area contributed by atoms with Gasteiger partial charge in [-0.1, -0.05) is 20.8 Å². The molecule has 0 unspecified atom stereocenters. The van der Waals surface area contributed by atoms with Gasteiger partial charge in [0.15, 0.2) is 11.6 Å². The van der Waals surface area contributed by atoms with E-state index in [-0.39, 0.29) is 29.3 Å². The van der Waals surface area contributed by atoms with Crippen molar-refractivity contribution in [1.82, 2.24) is 0 Å². The zero-order valence-corrected chi connectivity index (χ0v) is 14.6. The van der Waals surface area contributed by atoms with E-state index in [0.29, 0.717) is 6.42 Å². The maximum atomic E-state index is 13.1. The largest absolute Gasteiger partial charge is 0.382 e. The molecule has 2 saturated heterocycles. The van der Waals surface area contributed by atoms with Crippen molar-refractivity contribution in [3.8, 4) is 0 Å². The number of aliphatic hydroxyl groups is 2. The van der Waals surface area contributed by atoms with E-state index < -0.39 is 28.8 Å². The van der Waals surface area contributed by atoms with E-state index in [9.17, 15) is 15.0 Å². The van der Waals surface area contributed by atoms with Crippen LogP contribution in [0.25, 0.3) is 0 Å². The third-order valence-corrected chi connectivity index (χ3v) is 7.27. The summed E-state index contributed by atoms with van der Waals surface area (Å²) in [6.07, 6.45) is 0.406. The van der Waals surface area contributed by atoms with Crippen molar-refractivity contribution in [2.24, 2.45) is 22.7 Å². The number of hydrogen-bond donors (Lipinski definition) is 2. The Bertz CT molecular complexity index is 574. The van der Waals surface area contributed by atoms with Crippen LogP contribution in [0, 0.1) is 22.7 Å². The summed E-state index contributed by atoms with van der Waals surface area (Å²) in [5, 5.41) is 22.2. The fourth-order valence-corrected chi connectivity index (χ4v) is 6.87. The van der Waals surface area contributed by atoms with E-state index in [0.717, 1.165) is 12.8 Å². The van der Waals surface area contributed by atoms with Crippen molar-refractivity contribution in [3.63, 3.8) is 0 Å². The Morgan fingerprint density at radius 2 is 1.83 bits per heavy atom. The summed E-state index contributed by atoms with van der Waals surface area (Å²) in [4.78, 5) is 13.1. The van der Waals surface area contributed by atoms with Crippen LogP contribution in [0.2, 0.25) is 0 Å². The van der Waals surface area contributed by atoms with Crippen molar-refractivity contribution in [2.45, 2.75) is 83.6 Å². The minimum atomic E-state index is -1.33. The lowest BCUT2D eigenvalue weighted by Crippen LogP contribution is -2.74. The summed E-state index contributed by atoms with van der Waals surface area (Å²) in [5.74, 6) is -2.21. The number of ketones is 1. The Kier molecular flexibility index (Phi) is 2.91. The molecule has 2 aliphatic heterocycles. The van der Waals surface area contributed by atoms with Crippen molar-refractivity contribution in [2.75, 3.05) is 0 Å².